The molecular formula is C29H39N3O6. The second-order valence-electron chi connectivity index (χ2n) is 10.4. The van der Waals surface area contributed by atoms with Crippen LogP contribution in [0.25, 0.3) is 0 Å². The van der Waals surface area contributed by atoms with Crippen LogP contribution in [0.4, 0.5) is 4.79 Å². The summed E-state index contributed by atoms with van der Waals surface area (Å²) in [5.74, 6) is -1.57. The molecular weight excluding hydrogens is 486 g/mol. The third-order valence-electron chi connectivity index (χ3n) is 5.28. The molecule has 206 valence electrons. The molecule has 3 amide bonds. The van der Waals surface area contributed by atoms with Gasteiger partial charge in [-0.15, -0.1) is 0 Å². The Morgan fingerprint density at radius 3 is 1.92 bits per heavy atom. The quantitative estimate of drug-likeness (QED) is 0.365. The number of amides is 3. The number of rotatable bonds is 12. The molecule has 0 radical (unpaired) electrons. The average molecular weight is 526 g/mol. The van der Waals surface area contributed by atoms with E-state index in [-0.39, 0.29) is 25.5 Å². The van der Waals surface area contributed by atoms with Crippen molar-refractivity contribution in [3.8, 4) is 0 Å². The second kappa shape index (κ2) is 14.8. The van der Waals surface area contributed by atoms with E-state index in [4.69, 9.17) is 9.47 Å². The van der Waals surface area contributed by atoms with E-state index in [2.05, 4.69) is 16.0 Å². The fourth-order valence-corrected chi connectivity index (χ4v) is 3.56. The van der Waals surface area contributed by atoms with Crippen LogP contribution >= 0.6 is 0 Å². The van der Waals surface area contributed by atoms with E-state index >= 15 is 0 Å². The van der Waals surface area contributed by atoms with Crippen molar-refractivity contribution in [2.45, 2.75) is 71.8 Å². The second-order valence-corrected chi connectivity index (χ2v) is 10.4. The third kappa shape index (κ3) is 11.9. The van der Waals surface area contributed by atoms with Gasteiger partial charge in [0.25, 0.3) is 0 Å². The zero-order valence-corrected chi connectivity index (χ0v) is 22.8. The van der Waals surface area contributed by atoms with Crippen LogP contribution in [0.5, 0.6) is 0 Å². The maximum absolute atomic E-state index is 13.3. The van der Waals surface area contributed by atoms with Gasteiger partial charge in [0.15, 0.2) is 0 Å². The molecule has 0 saturated carbocycles. The fraction of sp³-hybridized carbons (Fsp3) is 0.448. The summed E-state index contributed by atoms with van der Waals surface area (Å²) in [4.78, 5) is 50.8. The summed E-state index contributed by atoms with van der Waals surface area (Å²) in [6, 6.07) is 16.5. The number of hydrogen-bond acceptors (Lipinski definition) is 6. The van der Waals surface area contributed by atoms with Crippen LogP contribution in [0, 0.1) is 5.92 Å². The Kier molecular flexibility index (Phi) is 11.8. The average Bonchev–Trinajstić information content (AvgIpc) is 2.85. The van der Waals surface area contributed by atoms with Crippen molar-refractivity contribution in [2.24, 2.45) is 5.92 Å². The van der Waals surface area contributed by atoms with Gasteiger partial charge in [-0.3, -0.25) is 14.4 Å². The van der Waals surface area contributed by atoms with Gasteiger partial charge in [0.1, 0.15) is 30.8 Å². The molecule has 9 nitrogen and oxygen atoms in total. The van der Waals surface area contributed by atoms with Gasteiger partial charge in [-0.25, -0.2) is 4.79 Å². The van der Waals surface area contributed by atoms with E-state index in [0.717, 1.165) is 11.1 Å². The highest BCUT2D eigenvalue weighted by Gasteiger charge is 2.29. The lowest BCUT2D eigenvalue weighted by atomic mass is 10.0. The van der Waals surface area contributed by atoms with Crippen LogP contribution in [-0.2, 0) is 36.9 Å². The minimum absolute atomic E-state index is 0.0717. The topological polar surface area (TPSA) is 123 Å². The number of nitrogens with one attached hydrogen (secondary N) is 3. The van der Waals surface area contributed by atoms with E-state index < -0.39 is 41.6 Å². The van der Waals surface area contributed by atoms with Gasteiger partial charge in [0.2, 0.25) is 11.8 Å². The number of alkyl carbamates (subject to hydrolysis) is 1. The summed E-state index contributed by atoms with van der Waals surface area (Å²) in [5.41, 5.74) is 0.918. The number of carbonyl (C=O) groups excluding carboxylic acids is 4. The van der Waals surface area contributed by atoms with Crippen molar-refractivity contribution in [1.29, 1.82) is 0 Å². The van der Waals surface area contributed by atoms with Gasteiger partial charge in [-0.1, -0.05) is 74.5 Å². The van der Waals surface area contributed by atoms with Gasteiger partial charge < -0.3 is 25.4 Å². The number of hydrogen-bond donors (Lipinski definition) is 3. The molecule has 3 N–H and O–H groups in total. The summed E-state index contributed by atoms with van der Waals surface area (Å²) in [5, 5.41) is 7.92. The van der Waals surface area contributed by atoms with Crippen LogP contribution in [-0.4, -0.2) is 48.1 Å². The highest BCUT2D eigenvalue weighted by molar-refractivity contribution is 5.92. The molecule has 0 aliphatic carbocycles. The Balaban J connectivity index is 2.03. The maximum atomic E-state index is 13.3. The molecule has 2 unspecified atom stereocenters. The van der Waals surface area contributed by atoms with Crippen molar-refractivity contribution in [3.63, 3.8) is 0 Å². The van der Waals surface area contributed by atoms with E-state index in [0.29, 0.717) is 6.42 Å². The molecule has 0 spiro atoms. The molecule has 2 rings (SSSR count). The van der Waals surface area contributed by atoms with E-state index in [9.17, 15) is 19.2 Å². The highest BCUT2D eigenvalue weighted by atomic mass is 16.6. The molecule has 0 aliphatic heterocycles. The first-order chi connectivity index (χ1) is 17.9. The van der Waals surface area contributed by atoms with E-state index in [1.165, 1.54) is 0 Å². The predicted octanol–water partition coefficient (Wildman–Crippen LogP) is 3.51. The Labute approximate surface area is 224 Å². The van der Waals surface area contributed by atoms with Crippen LogP contribution < -0.4 is 16.0 Å². The minimum Gasteiger partial charge on any atom is -0.460 e. The summed E-state index contributed by atoms with van der Waals surface area (Å²) >= 11 is 0. The molecule has 0 fully saturated rings. The molecule has 38 heavy (non-hydrogen) atoms. The molecule has 2 aromatic carbocycles. The summed E-state index contributed by atoms with van der Waals surface area (Å²) < 4.78 is 10.5. The molecule has 2 atom stereocenters. The van der Waals surface area contributed by atoms with Gasteiger partial charge in [-0.05, 0) is 44.2 Å². The van der Waals surface area contributed by atoms with E-state index in [1.54, 1.807) is 20.8 Å². The lowest BCUT2D eigenvalue weighted by Crippen LogP contribution is -2.55. The first kappa shape index (κ1) is 30.3. The number of carbonyl (C=O) groups is 4. The number of ether oxygens (including phenoxy) is 2. The van der Waals surface area contributed by atoms with Crippen LogP contribution in [0.1, 0.15) is 52.2 Å². The minimum atomic E-state index is -0.981. The van der Waals surface area contributed by atoms with Crippen molar-refractivity contribution in [1.82, 2.24) is 16.0 Å². The molecule has 0 heterocycles. The van der Waals surface area contributed by atoms with Crippen molar-refractivity contribution < 1.29 is 28.7 Å². The summed E-state index contributed by atoms with van der Waals surface area (Å²) in [6.07, 6.45) is -0.200. The zero-order valence-electron chi connectivity index (χ0n) is 22.8. The molecule has 0 aliphatic rings. The zero-order chi connectivity index (χ0) is 28.1. The lowest BCUT2D eigenvalue weighted by Gasteiger charge is -2.26. The van der Waals surface area contributed by atoms with Gasteiger partial charge in [0, 0.05) is 6.42 Å². The third-order valence-corrected chi connectivity index (χ3v) is 5.28. The predicted molar refractivity (Wildman–Crippen MR) is 144 cm³/mol. The summed E-state index contributed by atoms with van der Waals surface area (Å²) in [6.45, 7) is 8.78. The Bertz CT molecular complexity index is 1050. The molecule has 0 bridgehead atoms. The molecule has 0 aromatic heterocycles. The SMILES string of the molecule is CC(C)CC(NC(=O)C(Cc1ccccc1)NC(=O)OC(C)(C)C)C(=O)NCC(=O)OCc1ccccc1. The first-order valence-electron chi connectivity index (χ1n) is 12.7. The highest BCUT2D eigenvalue weighted by Crippen LogP contribution is 2.10. The van der Waals surface area contributed by atoms with Gasteiger partial charge in [0.05, 0.1) is 0 Å². The normalized spacial score (nSPS) is 12.7. The number of benzene rings is 2. The number of esters is 1. The smallest absolute Gasteiger partial charge is 0.408 e. The monoisotopic (exact) mass is 525 g/mol. The van der Waals surface area contributed by atoms with Gasteiger partial charge >= 0.3 is 12.1 Å². The molecule has 2 aromatic rings. The maximum Gasteiger partial charge on any atom is 0.408 e. The Morgan fingerprint density at radius 1 is 0.789 bits per heavy atom. The Hall–Kier alpha value is -3.88. The van der Waals surface area contributed by atoms with Crippen LogP contribution in [0.2, 0.25) is 0 Å². The summed E-state index contributed by atoms with van der Waals surface area (Å²) in [7, 11) is 0. The van der Waals surface area contributed by atoms with Crippen molar-refractivity contribution in [3.05, 3.63) is 71.8 Å². The fourth-order valence-electron chi connectivity index (χ4n) is 3.56. The first-order valence-corrected chi connectivity index (χ1v) is 12.7. The standard InChI is InChI=1S/C29H39N3O6/c1-20(2)16-23(26(34)30-18-25(33)37-19-22-14-10-7-11-15-22)31-27(35)24(17-21-12-8-6-9-13-21)32-28(36)38-29(3,4)5/h6-15,20,23-24H,16-19H2,1-5H3,(H,30,34)(H,31,35)(H,32,36). The van der Waals surface area contributed by atoms with Crippen LogP contribution in [0.15, 0.2) is 60.7 Å². The van der Waals surface area contributed by atoms with Crippen LogP contribution in [0.3, 0.4) is 0 Å². The van der Waals surface area contributed by atoms with Crippen molar-refractivity contribution in [2.75, 3.05) is 6.54 Å². The lowest BCUT2D eigenvalue weighted by molar-refractivity contribution is -0.145. The van der Waals surface area contributed by atoms with Gasteiger partial charge in [-0.2, -0.15) is 0 Å². The Morgan fingerprint density at radius 2 is 1.37 bits per heavy atom. The molecule has 9 heteroatoms. The van der Waals surface area contributed by atoms with Crippen molar-refractivity contribution >= 4 is 23.9 Å². The molecule has 0 saturated heterocycles. The largest absolute Gasteiger partial charge is 0.460 e. The van der Waals surface area contributed by atoms with E-state index in [1.807, 2.05) is 74.5 Å².